The van der Waals surface area contributed by atoms with Crippen molar-refractivity contribution in [3.63, 3.8) is 0 Å². The molecule has 0 saturated carbocycles. The van der Waals surface area contributed by atoms with E-state index >= 15 is 0 Å². The fourth-order valence-corrected chi connectivity index (χ4v) is 2.41. The average Bonchev–Trinajstić information content (AvgIpc) is 2.48. The predicted molar refractivity (Wildman–Crippen MR) is 84.3 cm³/mol. The topological polar surface area (TPSA) is 95.4 Å². The first-order chi connectivity index (χ1) is 10.4. The number of amides is 2. The summed E-state index contributed by atoms with van der Waals surface area (Å²) in [5.41, 5.74) is 12.6. The third-order valence-corrected chi connectivity index (χ3v) is 3.55. The molecule has 2 aromatic carbocycles. The van der Waals surface area contributed by atoms with Gasteiger partial charge in [0.05, 0.1) is 12.7 Å². The van der Waals surface area contributed by atoms with E-state index in [1.54, 1.807) is 24.3 Å². The molecular formula is C16H15ClN2O3. The fraction of sp³-hybridized carbons (Fsp3) is 0.125. The summed E-state index contributed by atoms with van der Waals surface area (Å²) < 4.78 is 5.16. The maximum atomic E-state index is 11.8. The Balaban J connectivity index is 2.61. The van der Waals surface area contributed by atoms with E-state index in [0.29, 0.717) is 22.8 Å². The Morgan fingerprint density at radius 1 is 1.05 bits per heavy atom. The molecule has 114 valence electrons. The molecule has 5 nitrogen and oxygen atoms in total. The van der Waals surface area contributed by atoms with Gasteiger partial charge in [-0.3, -0.25) is 9.59 Å². The van der Waals surface area contributed by atoms with E-state index in [2.05, 4.69) is 0 Å². The van der Waals surface area contributed by atoms with E-state index in [-0.39, 0.29) is 11.1 Å². The normalized spacial score (nSPS) is 10.3. The molecule has 0 aliphatic carbocycles. The van der Waals surface area contributed by atoms with Crippen molar-refractivity contribution in [2.24, 2.45) is 11.5 Å². The lowest BCUT2D eigenvalue weighted by atomic mass is 9.93. The summed E-state index contributed by atoms with van der Waals surface area (Å²) in [6.45, 7) is 0. The second-order valence-corrected chi connectivity index (χ2v) is 5.14. The standard InChI is InChI=1S/C16H15ClN2O3/c1-22-13-7-6-11(15(18)20)12(14(13)16(19)21)8-9-2-4-10(17)5-3-9/h2-7H,8H2,1H3,(H2,18,20)(H2,19,21). The highest BCUT2D eigenvalue weighted by atomic mass is 35.5. The molecule has 0 fully saturated rings. The molecule has 4 N–H and O–H groups in total. The fourth-order valence-electron chi connectivity index (χ4n) is 2.29. The van der Waals surface area contributed by atoms with E-state index in [4.69, 9.17) is 27.8 Å². The number of hydrogen-bond donors (Lipinski definition) is 2. The number of primary amides is 2. The molecule has 0 aromatic heterocycles. The second-order valence-electron chi connectivity index (χ2n) is 4.70. The summed E-state index contributed by atoms with van der Waals surface area (Å²) in [4.78, 5) is 23.4. The number of hydrogen-bond acceptors (Lipinski definition) is 3. The molecule has 0 spiro atoms. The lowest BCUT2D eigenvalue weighted by molar-refractivity contribution is 0.0996. The second kappa shape index (κ2) is 6.49. The van der Waals surface area contributed by atoms with Gasteiger partial charge < -0.3 is 16.2 Å². The van der Waals surface area contributed by atoms with E-state index in [1.165, 1.54) is 19.2 Å². The first-order valence-corrected chi connectivity index (χ1v) is 6.85. The number of rotatable bonds is 5. The Labute approximate surface area is 132 Å². The monoisotopic (exact) mass is 318 g/mol. The van der Waals surface area contributed by atoms with E-state index < -0.39 is 11.8 Å². The number of carbonyl (C=O) groups excluding carboxylic acids is 2. The van der Waals surface area contributed by atoms with E-state index in [0.717, 1.165) is 5.56 Å². The highest BCUT2D eigenvalue weighted by Gasteiger charge is 2.21. The predicted octanol–water partition coefficient (Wildman–Crippen LogP) is 2.14. The zero-order chi connectivity index (χ0) is 16.3. The van der Waals surface area contributed by atoms with Crippen LogP contribution in [0.15, 0.2) is 36.4 Å². The average molecular weight is 319 g/mol. The van der Waals surface area contributed by atoms with Gasteiger partial charge in [0.25, 0.3) is 5.91 Å². The molecule has 0 aliphatic rings. The van der Waals surface area contributed by atoms with Gasteiger partial charge in [-0.25, -0.2) is 0 Å². The van der Waals surface area contributed by atoms with Crippen LogP contribution in [0.3, 0.4) is 0 Å². The number of carbonyl (C=O) groups is 2. The number of benzene rings is 2. The van der Waals surface area contributed by atoms with Gasteiger partial charge in [0.2, 0.25) is 5.91 Å². The highest BCUT2D eigenvalue weighted by Crippen LogP contribution is 2.28. The lowest BCUT2D eigenvalue weighted by Crippen LogP contribution is -2.21. The van der Waals surface area contributed by atoms with Gasteiger partial charge in [0, 0.05) is 10.6 Å². The summed E-state index contributed by atoms with van der Waals surface area (Å²) in [5, 5.41) is 0.597. The van der Waals surface area contributed by atoms with Gasteiger partial charge in [-0.2, -0.15) is 0 Å². The van der Waals surface area contributed by atoms with Gasteiger partial charge in [0.1, 0.15) is 5.75 Å². The molecule has 6 heteroatoms. The van der Waals surface area contributed by atoms with Crippen LogP contribution in [0.25, 0.3) is 0 Å². The van der Waals surface area contributed by atoms with Gasteiger partial charge in [0.15, 0.2) is 0 Å². The summed E-state index contributed by atoms with van der Waals surface area (Å²) in [7, 11) is 1.43. The summed E-state index contributed by atoms with van der Waals surface area (Å²) in [5.74, 6) is -1.00. The molecule has 2 aromatic rings. The first-order valence-electron chi connectivity index (χ1n) is 6.48. The Bertz CT molecular complexity index is 727. The molecule has 0 aliphatic heterocycles. The zero-order valence-electron chi connectivity index (χ0n) is 11.9. The zero-order valence-corrected chi connectivity index (χ0v) is 12.7. The van der Waals surface area contributed by atoms with Crippen molar-refractivity contribution in [2.45, 2.75) is 6.42 Å². The van der Waals surface area contributed by atoms with Crippen molar-refractivity contribution >= 4 is 23.4 Å². The molecule has 0 unspecified atom stereocenters. The van der Waals surface area contributed by atoms with Crippen molar-refractivity contribution in [2.75, 3.05) is 7.11 Å². The Morgan fingerprint density at radius 3 is 2.18 bits per heavy atom. The summed E-state index contributed by atoms with van der Waals surface area (Å²) >= 11 is 5.86. The van der Waals surface area contributed by atoms with E-state index in [1.807, 2.05) is 0 Å². The van der Waals surface area contributed by atoms with Gasteiger partial charge in [-0.05, 0) is 41.8 Å². The molecule has 0 saturated heterocycles. The minimum atomic E-state index is -0.677. The maximum absolute atomic E-state index is 11.8. The quantitative estimate of drug-likeness (QED) is 0.884. The lowest BCUT2D eigenvalue weighted by Gasteiger charge is -2.15. The van der Waals surface area contributed by atoms with Gasteiger partial charge >= 0.3 is 0 Å². The Kier molecular flexibility index (Phi) is 4.68. The number of ether oxygens (including phenoxy) is 1. The van der Waals surface area contributed by atoms with Gasteiger partial charge in [-0.15, -0.1) is 0 Å². The van der Waals surface area contributed by atoms with Crippen LogP contribution in [-0.4, -0.2) is 18.9 Å². The van der Waals surface area contributed by atoms with Crippen molar-refractivity contribution < 1.29 is 14.3 Å². The molecule has 2 amide bonds. The summed E-state index contributed by atoms with van der Waals surface area (Å²) in [6.07, 6.45) is 0.310. The Morgan fingerprint density at radius 2 is 1.68 bits per heavy atom. The van der Waals surface area contributed by atoms with Gasteiger partial charge in [-0.1, -0.05) is 23.7 Å². The van der Waals surface area contributed by atoms with Crippen LogP contribution in [0.2, 0.25) is 5.02 Å². The largest absolute Gasteiger partial charge is 0.496 e. The van der Waals surface area contributed by atoms with Crippen LogP contribution < -0.4 is 16.2 Å². The molecule has 0 radical (unpaired) electrons. The van der Waals surface area contributed by atoms with Crippen LogP contribution in [0.5, 0.6) is 5.75 Å². The van der Waals surface area contributed by atoms with E-state index in [9.17, 15) is 9.59 Å². The number of methoxy groups -OCH3 is 1. The van der Waals surface area contributed by atoms with Crippen molar-refractivity contribution in [1.82, 2.24) is 0 Å². The molecule has 0 bridgehead atoms. The molecule has 22 heavy (non-hydrogen) atoms. The Hall–Kier alpha value is -2.53. The van der Waals surface area contributed by atoms with Crippen molar-refractivity contribution in [3.05, 3.63) is 63.7 Å². The third-order valence-electron chi connectivity index (χ3n) is 3.30. The minimum Gasteiger partial charge on any atom is -0.496 e. The molecule has 0 atom stereocenters. The summed E-state index contributed by atoms with van der Waals surface area (Å²) in [6, 6.07) is 10.1. The SMILES string of the molecule is COc1ccc(C(N)=O)c(Cc2ccc(Cl)cc2)c1C(N)=O. The first kappa shape index (κ1) is 15.9. The van der Waals surface area contributed by atoms with Crippen LogP contribution in [-0.2, 0) is 6.42 Å². The maximum Gasteiger partial charge on any atom is 0.252 e. The smallest absolute Gasteiger partial charge is 0.252 e. The number of halogens is 1. The van der Waals surface area contributed by atoms with Crippen LogP contribution >= 0.6 is 11.6 Å². The molecular weight excluding hydrogens is 304 g/mol. The molecule has 2 rings (SSSR count). The van der Waals surface area contributed by atoms with Crippen molar-refractivity contribution in [3.8, 4) is 5.75 Å². The van der Waals surface area contributed by atoms with Crippen LogP contribution in [0.1, 0.15) is 31.8 Å². The van der Waals surface area contributed by atoms with Crippen LogP contribution in [0, 0.1) is 0 Å². The van der Waals surface area contributed by atoms with Crippen LogP contribution in [0.4, 0.5) is 0 Å². The highest BCUT2D eigenvalue weighted by molar-refractivity contribution is 6.30. The molecule has 0 heterocycles. The number of nitrogens with two attached hydrogens (primary N) is 2. The third kappa shape index (κ3) is 3.20. The minimum absolute atomic E-state index is 0.161. The van der Waals surface area contributed by atoms with Crippen molar-refractivity contribution in [1.29, 1.82) is 0 Å².